The second-order valence-corrected chi connectivity index (χ2v) is 5.12. The van der Waals surface area contributed by atoms with Crippen LogP contribution in [0, 0.1) is 5.82 Å². The topological polar surface area (TPSA) is 56.7 Å². The molecule has 0 spiro atoms. The van der Waals surface area contributed by atoms with Gasteiger partial charge in [0.05, 0.1) is 20.9 Å². The molecule has 0 aliphatic carbocycles. The van der Waals surface area contributed by atoms with Gasteiger partial charge in [0.15, 0.2) is 0 Å². The molecule has 0 aliphatic heterocycles. The third-order valence-corrected chi connectivity index (χ3v) is 3.78. The van der Waals surface area contributed by atoms with Crippen molar-refractivity contribution in [1.82, 2.24) is 15.0 Å². The van der Waals surface area contributed by atoms with E-state index in [0.29, 0.717) is 31.9 Å². The highest BCUT2D eigenvalue weighted by Gasteiger charge is 2.13. The Balaban J connectivity index is 2.22. The number of hydrogen-bond donors (Lipinski definition) is 1. The second kappa shape index (κ2) is 4.47. The lowest BCUT2D eigenvalue weighted by atomic mass is 10.3. The summed E-state index contributed by atoms with van der Waals surface area (Å²) in [5.41, 5.74) is 8.09. The molecule has 0 bridgehead atoms. The average molecular weight is 342 g/mol. The molecule has 96 valence electrons. The van der Waals surface area contributed by atoms with Gasteiger partial charge in [0.25, 0.3) is 0 Å². The zero-order valence-electron chi connectivity index (χ0n) is 9.44. The molecule has 0 unspecified atom stereocenters. The van der Waals surface area contributed by atoms with Crippen molar-refractivity contribution >= 4 is 44.3 Å². The van der Waals surface area contributed by atoms with Crippen LogP contribution in [0.5, 0.6) is 0 Å². The van der Waals surface area contributed by atoms with Crippen molar-refractivity contribution in [3.8, 4) is 5.69 Å². The number of benzene rings is 2. The first-order chi connectivity index (χ1) is 9.06. The molecule has 2 N–H and O–H groups in total. The zero-order valence-corrected chi connectivity index (χ0v) is 11.8. The zero-order chi connectivity index (χ0) is 13.6. The molecule has 0 saturated carbocycles. The van der Waals surface area contributed by atoms with Crippen LogP contribution in [0.3, 0.4) is 0 Å². The highest BCUT2D eigenvalue weighted by Crippen LogP contribution is 2.33. The third kappa shape index (κ3) is 2.06. The van der Waals surface area contributed by atoms with E-state index in [0.717, 1.165) is 0 Å². The number of nitrogens with zero attached hydrogens (tertiary/aromatic N) is 3. The second-order valence-electron chi connectivity index (χ2n) is 3.92. The molecule has 19 heavy (non-hydrogen) atoms. The normalized spacial score (nSPS) is 11.1. The Bertz CT molecular complexity index is 769. The predicted octanol–water partition coefficient (Wildman–Crippen LogP) is 3.56. The van der Waals surface area contributed by atoms with Crippen LogP contribution in [0.4, 0.5) is 10.1 Å². The first kappa shape index (κ1) is 12.4. The number of nitrogens with two attached hydrogens (primary N) is 1. The van der Waals surface area contributed by atoms with E-state index in [2.05, 4.69) is 26.1 Å². The van der Waals surface area contributed by atoms with E-state index >= 15 is 0 Å². The van der Waals surface area contributed by atoms with Crippen molar-refractivity contribution in [1.29, 1.82) is 0 Å². The Morgan fingerprint density at radius 3 is 2.58 bits per heavy atom. The average Bonchev–Trinajstić information content (AvgIpc) is 2.81. The maximum atomic E-state index is 12.9. The fourth-order valence-corrected chi connectivity index (χ4v) is 2.50. The van der Waals surface area contributed by atoms with E-state index < -0.39 is 0 Å². The fraction of sp³-hybridized carbons (Fsp3) is 0. The van der Waals surface area contributed by atoms with Gasteiger partial charge in [0, 0.05) is 0 Å². The Morgan fingerprint density at radius 2 is 1.89 bits per heavy atom. The van der Waals surface area contributed by atoms with E-state index in [1.807, 2.05) is 0 Å². The van der Waals surface area contributed by atoms with Gasteiger partial charge in [-0.25, -0.2) is 4.39 Å². The van der Waals surface area contributed by atoms with Crippen LogP contribution in [-0.2, 0) is 0 Å². The maximum absolute atomic E-state index is 12.9. The quantitative estimate of drug-likeness (QED) is 0.689. The van der Waals surface area contributed by atoms with Gasteiger partial charge in [0.2, 0.25) is 0 Å². The summed E-state index contributed by atoms with van der Waals surface area (Å²) < 4.78 is 13.5. The molecule has 1 heterocycles. The van der Waals surface area contributed by atoms with Gasteiger partial charge in [-0.2, -0.15) is 4.80 Å². The smallest absolute Gasteiger partial charge is 0.130 e. The van der Waals surface area contributed by atoms with E-state index in [4.69, 9.17) is 17.3 Å². The Labute approximate surface area is 121 Å². The molecule has 0 saturated heterocycles. The highest BCUT2D eigenvalue weighted by atomic mass is 79.9. The summed E-state index contributed by atoms with van der Waals surface area (Å²) in [6, 6.07) is 7.52. The van der Waals surface area contributed by atoms with Crippen molar-refractivity contribution < 1.29 is 4.39 Å². The summed E-state index contributed by atoms with van der Waals surface area (Å²) >= 11 is 9.33. The van der Waals surface area contributed by atoms with Gasteiger partial charge in [-0.15, -0.1) is 10.2 Å². The minimum absolute atomic E-state index is 0.311. The number of halogens is 3. The lowest BCUT2D eigenvalue weighted by Gasteiger charge is -1.99. The first-order valence-corrected chi connectivity index (χ1v) is 6.50. The molecular formula is C12H7BrClFN4. The minimum Gasteiger partial charge on any atom is -0.397 e. The number of hydrogen-bond acceptors (Lipinski definition) is 3. The van der Waals surface area contributed by atoms with E-state index in [1.54, 1.807) is 18.2 Å². The number of nitrogen functional groups attached to an aromatic ring is 1. The summed E-state index contributed by atoms with van der Waals surface area (Å²) in [6.45, 7) is 0. The molecule has 0 radical (unpaired) electrons. The van der Waals surface area contributed by atoms with E-state index in [-0.39, 0.29) is 5.82 Å². The molecule has 1 aromatic heterocycles. The van der Waals surface area contributed by atoms with E-state index in [9.17, 15) is 4.39 Å². The monoisotopic (exact) mass is 340 g/mol. The van der Waals surface area contributed by atoms with Crippen LogP contribution in [0.1, 0.15) is 0 Å². The SMILES string of the molecule is Nc1c(Cl)cc2nn(-c3ccc(F)cc3)nc2c1Br. The molecular weight excluding hydrogens is 335 g/mol. The fourth-order valence-electron chi connectivity index (χ4n) is 1.69. The molecule has 0 fully saturated rings. The molecule has 4 nitrogen and oxygen atoms in total. The molecule has 7 heteroatoms. The van der Waals surface area contributed by atoms with E-state index in [1.165, 1.54) is 16.9 Å². The van der Waals surface area contributed by atoms with Crippen LogP contribution < -0.4 is 5.73 Å². The van der Waals surface area contributed by atoms with Crippen LogP contribution in [0.2, 0.25) is 5.02 Å². The van der Waals surface area contributed by atoms with Crippen molar-refractivity contribution in [2.45, 2.75) is 0 Å². The summed E-state index contributed by atoms with van der Waals surface area (Å²) in [5, 5.41) is 9.01. The van der Waals surface area contributed by atoms with Crippen LogP contribution in [0.25, 0.3) is 16.7 Å². The van der Waals surface area contributed by atoms with Gasteiger partial charge < -0.3 is 5.73 Å². The third-order valence-electron chi connectivity index (χ3n) is 2.66. The van der Waals surface area contributed by atoms with Gasteiger partial charge in [0.1, 0.15) is 16.9 Å². The standard InChI is InChI=1S/C12H7BrClFN4/c13-10-11(16)8(14)5-9-12(10)18-19(17-9)7-3-1-6(15)2-4-7/h1-5H,16H2. The van der Waals surface area contributed by atoms with Crippen molar-refractivity contribution in [3.05, 3.63) is 45.6 Å². The van der Waals surface area contributed by atoms with Crippen LogP contribution in [0.15, 0.2) is 34.8 Å². The molecule has 3 aromatic rings. The molecule has 0 aliphatic rings. The summed E-state index contributed by atoms with van der Waals surface area (Å²) in [7, 11) is 0. The van der Waals surface area contributed by atoms with Crippen molar-refractivity contribution in [3.63, 3.8) is 0 Å². The summed E-state index contributed by atoms with van der Waals surface area (Å²) in [6.07, 6.45) is 0. The Kier molecular flexibility index (Phi) is 2.91. The summed E-state index contributed by atoms with van der Waals surface area (Å²) in [5.74, 6) is -0.311. The number of rotatable bonds is 1. The number of fused-ring (bicyclic) bond motifs is 1. The van der Waals surface area contributed by atoms with Gasteiger partial charge in [-0.05, 0) is 46.3 Å². The maximum Gasteiger partial charge on any atom is 0.130 e. The predicted molar refractivity (Wildman–Crippen MR) is 75.9 cm³/mol. The lowest BCUT2D eigenvalue weighted by Crippen LogP contribution is -1.98. The summed E-state index contributed by atoms with van der Waals surface area (Å²) in [4.78, 5) is 1.41. The van der Waals surface area contributed by atoms with Crippen molar-refractivity contribution in [2.24, 2.45) is 0 Å². The van der Waals surface area contributed by atoms with Gasteiger partial charge in [-0.3, -0.25) is 0 Å². The number of aromatic nitrogens is 3. The van der Waals surface area contributed by atoms with Crippen molar-refractivity contribution in [2.75, 3.05) is 5.73 Å². The lowest BCUT2D eigenvalue weighted by molar-refractivity contribution is 0.626. The first-order valence-electron chi connectivity index (χ1n) is 5.33. The number of anilines is 1. The Hall–Kier alpha value is -1.66. The van der Waals surface area contributed by atoms with Gasteiger partial charge >= 0.3 is 0 Å². The minimum atomic E-state index is -0.311. The van der Waals surface area contributed by atoms with Gasteiger partial charge in [-0.1, -0.05) is 11.6 Å². The highest BCUT2D eigenvalue weighted by molar-refractivity contribution is 9.10. The molecule has 0 amide bonds. The molecule has 2 aromatic carbocycles. The van der Waals surface area contributed by atoms with Crippen LogP contribution >= 0.6 is 27.5 Å². The van der Waals surface area contributed by atoms with Crippen LogP contribution in [-0.4, -0.2) is 15.0 Å². The molecule has 0 atom stereocenters. The Morgan fingerprint density at radius 1 is 1.21 bits per heavy atom. The largest absolute Gasteiger partial charge is 0.397 e. The molecule has 3 rings (SSSR count).